The van der Waals surface area contributed by atoms with Gasteiger partial charge in [0, 0.05) is 6.04 Å². The number of piperidine rings is 1. The third kappa shape index (κ3) is 2.96. The summed E-state index contributed by atoms with van der Waals surface area (Å²) in [6, 6.07) is 0.877. The lowest BCUT2D eigenvalue weighted by atomic mass is 9.91. The van der Waals surface area contributed by atoms with Gasteiger partial charge in [-0.15, -0.1) is 0 Å². The minimum atomic E-state index is 0.877. The van der Waals surface area contributed by atoms with Gasteiger partial charge in [0.05, 0.1) is 0 Å². The predicted molar refractivity (Wildman–Crippen MR) is 55.9 cm³/mol. The lowest BCUT2D eigenvalue weighted by Crippen LogP contribution is -2.37. The zero-order valence-corrected chi connectivity index (χ0v) is 8.52. The normalized spacial score (nSPS) is 25.8. The van der Waals surface area contributed by atoms with E-state index in [2.05, 4.69) is 10.6 Å². The molecule has 2 nitrogen and oxygen atoms in total. The molecule has 0 aromatic carbocycles. The smallest absolute Gasteiger partial charge is 0.00670 e. The molecule has 0 unspecified atom stereocenters. The van der Waals surface area contributed by atoms with E-state index in [1.165, 1.54) is 58.2 Å². The Morgan fingerprint density at radius 1 is 1.08 bits per heavy atom. The maximum absolute atomic E-state index is 3.65. The molecule has 0 aromatic rings. The highest BCUT2D eigenvalue weighted by Crippen LogP contribution is 2.19. The van der Waals surface area contributed by atoms with Crippen LogP contribution in [-0.4, -0.2) is 25.7 Å². The van der Waals surface area contributed by atoms with Crippen molar-refractivity contribution in [3.8, 4) is 0 Å². The van der Waals surface area contributed by atoms with E-state index in [9.17, 15) is 0 Å². The van der Waals surface area contributed by atoms with Crippen LogP contribution in [0.1, 0.15) is 38.5 Å². The van der Waals surface area contributed by atoms with Crippen LogP contribution in [0.25, 0.3) is 0 Å². The van der Waals surface area contributed by atoms with Crippen LogP contribution < -0.4 is 10.6 Å². The van der Waals surface area contributed by atoms with Crippen molar-refractivity contribution in [3.63, 3.8) is 0 Å². The quantitative estimate of drug-likeness (QED) is 0.689. The summed E-state index contributed by atoms with van der Waals surface area (Å²) >= 11 is 0. The molecule has 0 aromatic heterocycles. The SMILES string of the molecule is C1CC(NCCC2CCNCC2)C1. The van der Waals surface area contributed by atoms with Gasteiger partial charge in [-0.25, -0.2) is 0 Å². The van der Waals surface area contributed by atoms with Crippen LogP contribution in [0.2, 0.25) is 0 Å². The Balaban J connectivity index is 1.50. The van der Waals surface area contributed by atoms with Gasteiger partial charge in [-0.05, 0) is 57.7 Å². The highest BCUT2D eigenvalue weighted by atomic mass is 14.9. The molecular weight excluding hydrogens is 160 g/mol. The average Bonchev–Trinajstić information content (AvgIpc) is 2.11. The summed E-state index contributed by atoms with van der Waals surface area (Å²) in [4.78, 5) is 0. The van der Waals surface area contributed by atoms with Gasteiger partial charge in [-0.1, -0.05) is 6.42 Å². The van der Waals surface area contributed by atoms with E-state index in [1.54, 1.807) is 0 Å². The fourth-order valence-corrected chi connectivity index (χ4v) is 2.27. The molecule has 2 heteroatoms. The molecule has 1 aliphatic carbocycles. The third-order valence-corrected chi connectivity index (χ3v) is 3.55. The van der Waals surface area contributed by atoms with E-state index < -0.39 is 0 Å². The summed E-state index contributed by atoms with van der Waals surface area (Å²) in [5.74, 6) is 0.994. The van der Waals surface area contributed by atoms with Gasteiger partial charge in [0.15, 0.2) is 0 Å². The Hall–Kier alpha value is -0.0800. The molecule has 76 valence electrons. The zero-order chi connectivity index (χ0) is 8.93. The topological polar surface area (TPSA) is 24.1 Å². The lowest BCUT2D eigenvalue weighted by molar-refractivity contribution is 0.303. The van der Waals surface area contributed by atoms with Gasteiger partial charge >= 0.3 is 0 Å². The van der Waals surface area contributed by atoms with Crippen molar-refractivity contribution in [1.82, 2.24) is 10.6 Å². The third-order valence-electron chi connectivity index (χ3n) is 3.55. The van der Waals surface area contributed by atoms with Crippen LogP contribution in [-0.2, 0) is 0 Å². The monoisotopic (exact) mass is 182 g/mol. The highest BCUT2D eigenvalue weighted by Gasteiger charge is 2.17. The van der Waals surface area contributed by atoms with Gasteiger partial charge in [0.1, 0.15) is 0 Å². The molecule has 0 radical (unpaired) electrons. The second-order valence-electron chi connectivity index (χ2n) is 4.56. The van der Waals surface area contributed by atoms with E-state index >= 15 is 0 Å². The predicted octanol–water partition coefficient (Wildman–Crippen LogP) is 1.52. The number of hydrogen-bond acceptors (Lipinski definition) is 2. The molecule has 2 rings (SSSR count). The molecule has 2 fully saturated rings. The van der Waals surface area contributed by atoms with Crippen molar-refractivity contribution in [1.29, 1.82) is 0 Å². The molecule has 13 heavy (non-hydrogen) atoms. The van der Waals surface area contributed by atoms with Gasteiger partial charge in [0.2, 0.25) is 0 Å². The first-order chi connectivity index (χ1) is 6.45. The van der Waals surface area contributed by atoms with Gasteiger partial charge in [-0.2, -0.15) is 0 Å². The maximum Gasteiger partial charge on any atom is 0.00670 e. The highest BCUT2D eigenvalue weighted by molar-refractivity contribution is 4.77. The van der Waals surface area contributed by atoms with Crippen LogP contribution in [0.4, 0.5) is 0 Å². The number of hydrogen-bond donors (Lipinski definition) is 2. The molecule has 1 saturated carbocycles. The van der Waals surface area contributed by atoms with Crippen molar-refractivity contribution in [2.75, 3.05) is 19.6 Å². The van der Waals surface area contributed by atoms with E-state index in [0.717, 1.165) is 12.0 Å². The second-order valence-corrected chi connectivity index (χ2v) is 4.56. The largest absolute Gasteiger partial charge is 0.317 e. The average molecular weight is 182 g/mol. The number of rotatable bonds is 4. The van der Waals surface area contributed by atoms with Crippen LogP contribution in [0.5, 0.6) is 0 Å². The standard InChI is InChI=1S/C11H22N2/c1-2-11(3-1)13-9-6-10-4-7-12-8-5-10/h10-13H,1-9H2. The molecule has 1 saturated heterocycles. The van der Waals surface area contributed by atoms with Crippen LogP contribution in [0.3, 0.4) is 0 Å². The van der Waals surface area contributed by atoms with Crippen molar-refractivity contribution in [2.45, 2.75) is 44.6 Å². The Morgan fingerprint density at radius 2 is 1.85 bits per heavy atom. The molecular formula is C11H22N2. The molecule has 0 amide bonds. The van der Waals surface area contributed by atoms with Crippen molar-refractivity contribution >= 4 is 0 Å². The molecule has 1 heterocycles. The summed E-state index contributed by atoms with van der Waals surface area (Å²) in [7, 11) is 0. The second kappa shape index (κ2) is 4.97. The molecule has 1 aliphatic heterocycles. The lowest BCUT2D eigenvalue weighted by Gasteiger charge is -2.28. The first kappa shape index (κ1) is 9.47. The Labute approximate surface area is 81.5 Å². The van der Waals surface area contributed by atoms with Gasteiger partial charge < -0.3 is 10.6 Å². The van der Waals surface area contributed by atoms with E-state index in [1.807, 2.05) is 0 Å². The van der Waals surface area contributed by atoms with Crippen LogP contribution in [0.15, 0.2) is 0 Å². The molecule has 0 spiro atoms. The molecule has 0 atom stereocenters. The Kier molecular flexibility index (Phi) is 3.62. The summed E-state index contributed by atoms with van der Waals surface area (Å²) in [6.45, 7) is 3.75. The fourth-order valence-electron chi connectivity index (χ4n) is 2.27. The molecule has 0 bridgehead atoms. The first-order valence-electron chi connectivity index (χ1n) is 5.89. The minimum Gasteiger partial charge on any atom is -0.317 e. The number of nitrogens with one attached hydrogen (secondary N) is 2. The van der Waals surface area contributed by atoms with Crippen molar-refractivity contribution < 1.29 is 0 Å². The first-order valence-corrected chi connectivity index (χ1v) is 5.89. The summed E-state index contributed by atoms with van der Waals surface area (Å²) in [5.41, 5.74) is 0. The van der Waals surface area contributed by atoms with E-state index in [-0.39, 0.29) is 0 Å². The Morgan fingerprint density at radius 3 is 2.46 bits per heavy atom. The van der Waals surface area contributed by atoms with E-state index in [0.29, 0.717) is 0 Å². The summed E-state index contributed by atoms with van der Waals surface area (Å²) in [6.07, 6.45) is 8.49. The Bertz CT molecular complexity index is 137. The van der Waals surface area contributed by atoms with Gasteiger partial charge in [-0.3, -0.25) is 0 Å². The molecule has 2 N–H and O–H groups in total. The van der Waals surface area contributed by atoms with Crippen LogP contribution >= 0.6 is 0 Å². The summed E-state index contributed by atoms with van der Waals surface area (Å²) in [5, 5.41) is 7.06. The van der Waals surface area contributed by atoms with Crippen molar-refractivity contribution in [3.05, 3.63) is 0 Å². The maximum atomic E-state index is 3.65. The fraction of sp³-hybridized carbons (Fsp3) is 1.00. The van der Waals surface area contributed by atoms with E-state index in [4.69, 9.17) is 0 Å². The van der Waals surface area contributed by atoms with Crippen molar-refractivity contribution in [2.24, 2.45) is 5.92 Å². The minimum absolute atomic E-state index is 0.877. The van der Waals surface area contributed by atoms with Crippen LogP contribution in [0, 0.1) is 5.92 Å². The summed E-state index contributed by atoms with van der Waals surface area (Å²) < 4.78 is 0. The zero-order valence-electron chi connectivity index (χ0n) is 8.52. The van der Waals surface area contributed by atoms with Gasteiger partial charge in [0.25, 0.3) is 0 Å². The molecule has 2 aliphatic rings.